The highest BCUT2D eigenvalue weighted by Crippen LogP contribution is 2.34. The first-order valence-electron chi connectivity index (χ1n) is 8.60. The molecule has 3 rings (SSSR count). The van der Waals surface area contributed by atoms with E-state index in [4.69, 9.17) is 5.73 Å². The van der Waals surface area contributed by atoms with Gasteiger partial charge in [-0.2, -0.15) is 0 Å². The third-order valence-corrected chi connectivity index (χ3v) is 6.89. The van der Waals surface area contributed by atoms with Gasteiger partial charge in [0.1, 0.15) is 0 Å². The minimum atomic E-state index is -3.01. The van der Waals surface area contributed by atoms with Gasteiger partial charge in [0.15, 0.2) is 0 Å². The third-order valence-electron chi connectivity index (χ3n) is 5.62. The van der Waals surface area contributed by atoms with Crippen molar-refractivity contribution < 1.29 is 8.42 Å². The maximum atomic E-state index is 11.5. The lowest BCUT2D eigenvalue weighted by atomic mass is 9.98. The van der Waals surface area contributed by atoms with E-state index in [0.29, 0.717) is 37.1 Å². The van der Waals surface area contributed by atoms with E-state index >= 15 is 0 Å². The lowest BCUT2D eigenvalue weighted by Crippen LogP contribution is -2.49. The van der Waals surface area contributed by atoms with Crippen molar-refractivity contribution in [3.05, 3.63) is 0 Å². The second kappa shape index (κ2) is 6.73. The van der Waals surface area contributed by atoms with Crippen LogP contribution in [0.4, 0.5) is 0 Å². The van der Waals surface area contributed by atoms with E-state index in [1.54, 1.807) is 4.31 Å². The van der Waals surface area contributed by atoms with Gasteiger partial charge in [0.25, 0.3) is 0 Å². The maximum Gasteiger partial charge on any atom is 0.211 e. The number of nitrogens with one attached hydrogen (secondary N) is 1. The van der Waals surface area contributed by atoms with Gasteiger partial charge < -0.3 is 11.1 Å². The number of nitrogens with two attached hydrogens (primary N) is 1. The van der Waals surface area contributed by atoms with Crippen molar-refractivity contribution in [3.63, 3.8) is 0 Å². The first-order valence-corrected chi connectivity index (χ1v) is 10.5. The Morgan fingerprint density at radius 1 is 1.18 bits per heavy atom. The molecule has 3 aliphatic rings. The Labute approximate surface area is 134 Å². The fourth-order valence-corrected chi connectivity index (χ4v) is 5.38. The molecular weight excluding hydrogens is 300 g/mol. The molecule has 0 amide bonds. The SMILES string of the molecule is CS(=O)(=O)N1CC[C@H](CNCCN2[C@@H]3CC[C@H]2CC(N)C3)C1. The Bertz CT molecular complexity index is 470. The molecule has 3 N–H and O–H groups in total. The van der Waals surface area contributed by atoms with Gasteiger partial charge in [-0.3, -0.25) is 4.90 Å². The average molecular weight is 330 g/mol. The summed E-state index contributed by atoms with van der Waals surface area (Å²) in [5.41, 5.74) is 6.11. The van der Waals surface area contributed by atoms with Crippen LogP contribution in [0.2, 0.25) is 0 Å². The van der Waals surface area contributed by atoms with Gasteiger partial charge in [-0.05, 0) is 44.6 Å². The Morgan fingerprint density at radius 2 is 1.86 bits per heavy atom. The van der Waals surface area contributed by atoms with Crippen LogP contribution in [-0.2, 0) is 10.0 Å². The van der Waals surface area contributed by atoms with Crippen molar-refractivity contribution >= 4 is 10.0 Å². The summed E-state index contributed by atoms with van der Waals surface area (Å²) in [6.07, 6.45) is 7.21. The van der Waals surface area contributed by atoms with Crippen LogP contribution < -0.4 is 11.1 Å². The zero-order valence-corrected chi connectivity index (χ0v) is 14.4. The molecule has 2 bridgehead atoms. The van der Waals surface area contributed by atoms with Crippen molar-refractivity contribution in [2.24, 2.45) is 11.7 Å². The summed E-state index contributed by atoms with van der Waals surface area (Å²) < 4.78 is 24.6. The van der Waals surface area contributed by atoms with E-state index in [1.165, 1.54) is 19.1 Å². The van der Waals surface area contributed by atoms with Gasteiger partial charge in [0, 0.05) is 44.3 Å². The van der Waals surface area contributed by atoms with Gasteiger partial charge in [-0.1, -0.05) is 0 Å². The summed E-state index contributed by atoms with van der Waals surface area (Å²) in [7, 11) is -3.01. The van der Waals surface area contributed by atoms with E-state index in [9.17, 15) is 8.42 Å². The van der Waals surface area contributed by atoms with Crippen molar-refractivity contribution in [2.45, 2.75) is 50.2 Å². The van der Waals surface area contributed by atoms with Gasteiger partial charge in [-0.25, -0.2) is 12.7 Å². The van der Waals surface area contributed by atoms with Crippen LogP contribution in [0.1, 0.15) is 32.1 Å². The first kappa shape index (κ1) is 16.6. The number of hydrogen-bond donors (Lipinski definition) is 2. The Balaban J connectivity index is 1.35. The van der Waals surface area contributed by atoms with Gasteiger partial charge in [0.05, 0.1) is 6.26 Å². The van der Waals surface area contributed by atoms with E-state index in [0.717, 1.165) is 38.9 Å². The molecule has 0 aromatic heterocycles. The minimum absolute atomic E-state index is 0.405. The predicted octanol–water partition coefficient (Wildman–Crippen LogP) is -0.188. The van der Waals surface area contributed by atoms with Crippen LogP contribution in [0.15, 0.2) is 0 Å². The zero-order chi connectivity index (χ0) is 15.7. The summed E-state index contributed by atoms with van der Waals surface area (Å²) >= 11 is 0. The monoisotopic (exact) mass is 330 g/mol. The topological polar surface area (TPSA) is 78.7 Å². The van der Waals surface area contributed by atoms with Crippen molar-refractivity contribution in [2.75, 3.05) is 39.0 Å². The molecule has 0 radical (unpaired) electrons. The Hall–Kier alpha value is -0.210. The largest absolute Gasteiger partial charge is 0.328 e. The summed E-state index contributed by atoms with van der Waals surface area (Å²) in [5.74, 6) is 0.459. The number of nitrogens with zero attached hydrogens (tertiary/aromatic N) is 2. The van der Waals surface area contributed by atoms with E-state index in [-0.39, 0.29) is 0 Å². The molecular formula is C15H30N4O2S. The second-order valence-electron chi connectivity index (χ2n) is 7.33. The number of rotatable bonds is 6. The second-order valence-corrected chi connectivity index (χ2v) is 9.32. The maximum absolute atomic E-state index is 11.5. The van der Waals surface area contributed by atoms with Gasteiger partial charge >= 0.3 is 0 Å². The quantitative estimate of drug-likeness (QED) is 0.660. The van der Waals surface area contributed by atoms with Crippen LogP contribution in [0.3, 0.4) is 0 Å². The molecule has 128 valence electrons. The number of hydrogen-bond acceptors (Lipinski definition) is 5. The predicted molar refractivity (Wildman–Crippen MR) is 88.1 cm³/mol. The number of piperidine rings is 1. The van der Waals surface area contributed by atoms with Crippen LogP contribution in [0.25, 0.3) is 0 Å². The molecule has 0 spiro atoms. The molecule has 3 aliphatic heterocycles. The molecule has 3 fully saturated rings. The zero-order valence-electron chi connectivity index (χ0n) is 13.6. The molecule has 3 saturated heterocycles. The van der Waals surface area contributed by atoms with Crippen LogP contribution in [0, 0.1) is 5.92 Å². The molecule has 1 unspecified atom stereocenters. The van der Waals surface area contributed by atoms with E-state index in [1.807, 2.05) is 0 Å². The van der Waals surface area contributed by atoms with Crippen LogP contribution >= 0.6 is 0 Å². The highest BCUT2D eigenvalue weighted by Gasteiger charge is 2.39. The summed E-state index contributed by atoms with van der Waals surface area (Å²) in [6.45, 7) is 4.38. The van der Waals surface area contributed by atoms with E-state index < -0.39 is 10.0 Å². The fraction of sp³-hybridized carbons (Fsp3) is 1.00. The van der Waals surface area contributed by atoms with Crippen molar-refractivity contribution in [1.29, 1.82) is 0 Å². The third kappa shape index (κ3) is 3.82. The molecule has 4 atom stereocenters. The normalized spacial score (nSPS) is 37.0. The van der Waals surface area contributed by atoms with Gasteiger partial charge in [-0.15, -0.1) is 0 Å². The number of sulfonamides is 1. The first-order chi connectivity index (χ1) is 10.4. The summed E-state index contributed by atoms with van der Waals surface area (Å²) in [5, 5.41) is 3.53. The minimum Gasteiger partial charge on any atom is -0.328 e. The van der Waals surface area contributed by atoms with Crippen molar-refractivity contribution in [3.8, 4) is 0 Å². The Morgan fingerprint density at radius 3 is 2.45 bits per heavy atom. The molecule has 3 heterocycles. The standard InChI is InChI=1S/C15H30N4O2S/c1-22(20,21)18-6-4-12(11-18)10-17-5-7-19-14-2-3-15(19)9-13(16)8-14/h12-15,17H,2-11,16H2,1H3/t12-,13?,14-,15+/m1/s1. The molecule has 22 heavy (non-hydrogen) atoms. The van der Waals surface area contributed by atoms with Crippen LogP contribution in [0.5, 0.6) is 0 Å². The van der Waals surface area contributed by atoms with Gasteiger partial charge in [0.2, 0.25) is 10.0 Å². The molecule has 0 aromatic carbocycles. The molecule has 0 aromatic rings. The average Bonchev–Trinajstić information content (AvgIpc) is 2.99. The van der Waals surface area contributed by atoms with Crippen molar-refractivity contribution in [1.82, 2.24) is 14.5 Å². The lowest BCUT2D eigenvalue weighted by Gasteiger charge is -2.37. The fourth-order valence-electron chi connectivity index (χ4n) is 4.46. The summed E-state index contributed by atoms with van der Waals surface area (Å²) in [4.78, 5) is 2.65. The summed E-state index contributed by atoms with van der Waals surface area (Å²) in [6, 6.07) is 1.80. The molecule has 7 heteroatoms. The smallest absolute Gasteiger partial charge is 0.211 e. The molecule has 6 nitrogen and oxygen atoms in total. The Kier molecular flexibility index (Phi) is 5.09. The highest BCUT2D eigenvalue weighted by molar-refractivity contribution is 7.88. The molecule has 0 saturated carbocycles. The van der Waals surface area contributed by atoms with Crippen LogP contribution in [-0.4, -0.2) is 74.7 Å². The van der Waals surface area contributed by atoms with E-state index in [2.05, 4.69) is 10.2 Å². The molecule has 0 aliphatic carbocycles. The number of fused-ring (bicyclic) bond motifs is 2. The highest BCUT2D eigenvalue weighted by atomic mass is 32.2. The lowest BCUT2D eigenvalue weighted by molar-refractivity contribution is 0.128.